The number of hydrogen-bond donors (Lipinski definition) is 2. The monoisotopic (exact) mass is 343 g/mol. The van der Waals surface area contributed by atoms with Gasteiger partial charge in [-0.1, -0.05) is 36.7 Å². The van der Waals surface area contributed by atoms with Gasteiger partial charge in [-0.25, -0.2) is 4.79 Å². The lowest BCUT2D eigenvalue weighted by Gasteiger charge is -2.25. The second-order valence-electron chi connectivity index (χ2n) is 5.80. The fraction of sp³-hybridized carbons (Fsp3) is 0.222. The second-order valence-corrected chi connectivity index (χ2v) is 6.24. The van der Waals surface area contributed by atoms with E-state index in [1.165, 1.54) is 0 Å². The fourth-order valence-electron chi connectivity index (χ4n) is 2.80. The summed E-state index contributed by atoms with van der Waals surface area (Å²) in [6.07, 6.45) is 0.168. The Labute approximate surface area is 145 Å². The number of benzene rings is 2. The molecular formula is C18H18ClN3O2. The molecular weight excluding hydrogens is 326 g/mol. The Hall–Kier alpha value is -2.53. The molecule has 3 rings (SSSR count). The summed E-state index contributed by atoms with van der Waals surface area (Å²) in [6, 6.07) is 15.9. The van der Waals surface area contributed by atoms with Crippen molar-refractivity contribution >= 4 is 34.9 Å². The molecule has 24 heavy (non-hydrogen) atoms. The Balaban J connectivity index is 1.74. The van der Waals surface area contributed by atoms with Crippen LogP contribution in [0, 0.1) is 5.92 Å². The van der Waals surface area contributed by atoms with Gasteiger partial charge in [0.15, 0.2) is 0 Å². The van der Waals surface area contributed by atoms with Gasteiger partial charge in [0.2, 0.25) is 5.91 Å². The molecule has 2 N–H and O–H groups in total. The molecule has 1 saturated heterocycles. The van der Waals surface area contributed by atoms with E-state index in [0.29, 0.717) is 17.1 Å². The van der Waals surface area contributed by atoms with Crippen molar-refractivity contribution in [1.82, 2.24) is 5.32 Å². The molecule has 0 bridgehead atoms. The van der Waals surface area contributed by atoms with Crippen LogP contribution in [0.25, 0.3) is 0 Å². The molecule has 0 spiro atoms. The van der Waals surface area contributed by atoms with Gasteiger partial charge >= 0.3 is 6.03 Å². The van der Waals surface area contributed by atoms with E-state index in [2.05, 4.69) is 10.6 Å². The van der Waals surface area contributed by atoms with Crippen molar-refractivity contribution in [2.45, 2.75) is 19.5 Å². The average molecular weight is 344 g/mol. The molecule has 3 amide bonds. The van der Waals surface area contributed by atoms with Gasteiger partial charge in [0, 0.05) is 22.3 Å². The van der Waals surface area contributed by atoms with Crippen molar-refractivity contribution in [2.24, 2.45) is 5.92 Å². The van der Waals surface area contributed by atoms with E-state index in [9.17, 15) is 9.59 Å². The van der Waals surface area contributed by atoms with Crippen molar-refractivity contribution < 1.29 is 9.59 Å². The Kier molecular flexibility index (Phi) is 4.71. The first-order chi connectivity index (χ1) is 11.5. The standard InChI is InChI=1S/C18H18ClN3O2/c1-12-11-16(21-18(24)20-14-5-3-2-4-6-14)22(17(12)23)15-9-7-13(19)8-10-15/h2-10,12,16H,11H2,1H3,(H2,20,21,24)/t12-,16+/m1/s1. The SMILES string of the molecule is C[C@@H]1C[C@@H](NC(=O)Nc2ccccc2)N(c2ccc(Cl)cc2)C1=O. The van der Waals surface area contributed by atoms with Crippen LogP contribution in [-0.2, 0) is 4.79 Å². The number of nitrogens with zero attached hydrogens (tertiary/aromatic N) is 1. The van der Waals surface area contributed by atoms with Crippen molar-refractivity contribution in [3.8, 4) is 0 Å². The predicted molar refractivity (Wildman–Crippen MR) is 95.1 cm³/mol. The molecule has 0 aliphatic carbocycles. The van der Waals surface area contributed by atoms with Gasteiger partial charge in [-0.05, 0) is 42.8 Å². The summed E-state index contributed by atoms with van der Waals surface area (Å²) in [5.74, 6) is -0.162. The topological polar surface area (TPSA) is 61.4 Å². The summed E-state index contributed by atoms with van der Waals surface area (Å²) >= 11 is 5.91. The summed E-state index contributed by atoms with van der Waals surface area (Å²) in [4.78, 5) is 26.3. The summed E-state index contributed by atoms with van der Waals surface area (Å²) < 4.78 is 0. The molecule has 6 heteroatoms. The van der Waals surface area contributed by atoms with Crippen LogP contribution < -0.4 is 15.5 Å². The van der Waals surface area contributed by atoms with Crippen molar-refractivity contribution in [3.63, 3.8) is 0 Å². The van der Waals surface area contributed by atoms with E-state index in [4.69, 9.17) is 11.6 Å². The van der Waals surface area contributed by atoms with Crippen LogP contribution in [0.1, 0.15) is 13.3 Å². The lowest BCUT2D eigenvalue weighted by atomic mass is 10.1. The lowest BCUT2D eigenvalue weighted by Crippen LogP contribution is -2.47. The van der Waals surface area contributed by atoms with E-state index in [1.807, 2.05) is 25.1 Å². The highest BCUT2D eigenvalue weighted by molar-refractivity contribution is 6.30. The van der Waals surface area contributed by atoms with Gasteiger partial charge in [0.05, 0.1) is 0 Å². The molecule has 1 heterocycles. The molecule has 0 radical (unpaired) electrons. The van der Waals surface area contributed by atoms with E-state index >= 15 is 0 Å². The van der Waals surface area contributed by atoms with Crippen LogP contribution in [-0.4, -0.2) is 18.1 Å². The molecule has 2 atom stereocenters. The van der Waals surface area contributed by atoms with Crippen molar-refractivity contribution in [1.29, 1.82) is 0 Å². The summed E-state index contributed by atoms with van der Waals surface area (Å²) in [6.45, 7) is 1.86. The van der Waals surface area contributed by atoms with Gasteiger partial charge < -0.3 is 10.6 Å². The van der Waals surface area contributed by atoms with Crippen LogP contribution in [0.2, 0.25) is 5.02 Å². The van der Waals surface area contributed by atoms with Gasteiger partial charge in [0.1, 0.15) is 6.17 Å². The number of carbonyl (C=O) groups excluding carboxylic acids is 2. The summed E-state index contributed by atoms with van der Waals surface area (Å²) in [7, 11) is 0. The number of carbonyl (C=O) groups is 2. The number of amides is 3. The van der Waals surface area contributed by atoms with Crippen LogP contribution in [0.5, 0.6) is 0 Å². The molecule has 0 unspecified atom stereocenters. The minimum Gasteiger partial charge on any atom is -0.317 e. The molecule has 0 saturated carbocycles. The quantitative estimate of drug-likeness (QED) is 0.889. The van der Waals surface area contributed by atoms with Crippen LogP contribution >= 0.6 is 11.6 Å². The second kappa shape index (κ2) is 6.93. The van der Waals surface area contributed by atoms with Crippen LogP contribution in [0.3, 0.4) is 0 Å². The van der Waals surface area contributed by atoms with Crippen LogP contribution in [0.15, 0.2) is 54.6 Å². The number of hydrogen-bond acceptors (Lipinski definition) is 2. The maximum Gasteiger partial charge on any atom is 0.320 e. The first-order valence-electron chi connectivity index (χ1n) is 7.76. The van der Waals surface area contributed by atoms with Gasteiger partial charge in [-0.2, -0.15) is 0 Å². The smallest absolute Gasteiger partial charge is 0.317 e. The van der Waals surface area contributed by atoms with Crippen LogP contribution in [0.4, 0.5) is 16.2 Å². The number of halogens is 1. The molecule has 0 aromatic heterocycles. The number of nitrogens with one attached hydrogen (secondary N) is 2. The predicted octanol–water partition coefficient (Wildman–Crippen LogP) is 3.86. The van der Waals surface area contributed by atoms with E-state index in [1.54, 1.807) is 41.3 Å². The Bertz CT molecular complexity index is 734. The number of anilines is 2. The maximum atomic E-state index is 12.5. The number of rotatable bonds is 3. The molecule has 2 aromatic rings. The molecule has 2 aromatic carbocycles. The molecule has 5 nitrogen and oxygen atoms in total. The van der Waals surface area contributed by atoms with Crippen molar-refractivity contribution in [3.05, 3.63) is 59.6 Å². The zero-order valence-corrected chi connectivity index (χ0v) is 14.0. The lowest BCUT2D eigenvalue weighted by molar-refractivity contribution is -0.120. The van der Waals surface area contributed by atoms with E-state index < -0.39 is 6.17 Å². The third kappa shape index (κ3) is 3.51. The Morgan fingerprint density at radius 3 is 2.46 bits per heavy atom. The van der Waals surface area contributed by atoms with Gasteiger partial charge in [-0.3, -0.25) is 9.69 Å². The first-order valence-corrected chi connectivity index (χ1v) is 8.13. The molecule has 1 fully saturated rings. The maximum absolute atomic E-state index is 12.5. The number of urea groups is 1. The Morgan fingerprint density at radius 1 is 1.12 bits per heavy atom. The zero-order valence-electron chi connectivity index (χ0n) is 13.2. The van der Waals surface area contributed by atoms with E-state index in [-0.39, 0.29) is 17.9 Å². The molecule has 1 aliphatic rings. The first kappa shape index (κ1) is 16.3. The average Bonchev–Trinajstić information content (AvgIpc) is 2.83. The normalized spacial score (nSPS) is 20.1. The third-order valence-electron chi connectivity index (χ3n) is 3.98. The largest absolute Gasteiger partial charge is 0.320 e. The van der Waals surface area contributed by atoms with Gasteiger partial charge in [0.25, 0.3) is 0 Å². The number of para-hydroxylation sites is 1. The highest BCUT2D eigenvalue weighted by Gasteiger charge is 2.38. The minimum absolute atomic E-state index is 0.0117. The van der Waals surface area contributed by atoms with Crippen molar-refractivity contribution in [2.75, 3.05) is 10.2 Å². The summed E-state index contributed by atoms with van der Waals surface area (Å²) in [5, 5.41) is 6.25. The third-order valence-corrected chi connectivity index (χ3v) is 4.23. The zero-order chi connectivity index (χ0) is 17.1. The fourth-order valence-corrected chi connectivity index (χ4v) is 2.93. The van der Waals surface area contributed by atoms with E-state index in [0.717, 1.165) is 5.69 Å². The molecule has 1 aliphatic heterocycles. The highest BCUT2D eigenvalue weighted by Crippen LogP contribution is 2.29. The minimum atomic E-state index is -0.391. The van der Waals surface area contributed by atoms with Gasteiger partial charge in [-0.15, -0.1) is 0 Å². The Morgan fingerprint density at radius 2 is 1.79 bits per heavy atom. The highest BCUT2D eigenvalue weighted by atomic mass is 35.5. The summed E-state index contributed by atoms with van der Waals surface area (Å²) in [5.41, 5.74) is 1.42. The molecule has 124 valence electrons.